The summed E-state index contributed by atoms with van der Waals surface area (Å²) >= 11 is 0. The summed E-state index contributed by atoms with van der Waals surface area (Å²) in [6.45, 7) is 8.94. The van der Waals surface area contributed by atoms with Gasteiger partial charge in [-0.05, 0) is 82.1 Å². The van der Waals surface area contributed by atoms with Gasteiger partial charge in [-0.2, -0.15) is 0 Å². The van der Waals surface area contributed by atoms with Crippen molar-refractivity contribution in [2.75, 3.05) is 29.9 Å². The highest BCUT2D eigenvalue weighted by Crippen LogP contribution is 2.49. The first-order chi connectivity index (χ1) is 12.1. The van der Waals surface area contributed by atoms with E-state index in [-0.39, 0.29) is 5.91 Å². The van der Waals surface area contributed by atoms with Crippen LogP contribution in [0.2, 0.25) is 0 Å². The fraction of sp³-hybridized carbons (Fsp3) is 0.667. The lowest BCUT2D eigenvalue weighted by Gasteiger charge is -2.28. The van der Waals surface area contributed by atoms with Gasteiger partial charge in [-0.15, -0.1) is 0 Å². The van der Waals surface area contributed by atoms with E-state index < -0.39 is 0 Å². The summed E-state index contributed by atoms with van der Waals surface area (Å²) in [7, 11) is 0. The fourth-order valence-corrected chi connectivity index (χ4v) is 4.86. The molecule has 3 rings (SSSR count). The molecule has 2 aliphatic rings. The zero-order valence-corrected chi connectivity index (χ0v) is 15.9. The standard InChI is InChI=1S/C21H33N3O/c1-4-24(5-2)19-10-8-18(9-11-19)23-21(25)14-22-15(3)20-13-16-6-7-17(20)12-16/h8-11,15-17,20,22H,4-7,12-14H2,1-3H3,(H,23,25)/t15-,16-,17-,20-/m0/s1. The molecule has 0 heterocycles. The Kier molecular flexibility index (Phi) is 6.00. The lowest BCUT2D eigenvalue weighted by Crippen LogP contribution is -2.40. The average Bonchev–Trinajstić information content (AvgIpc) is 3.25. The number of fused-ring (bicyclic) bond motifs is 2. The Balaban J connectivity index is 1.44. The molecule has 2 fully saturated rings. The first-order valence-corrected chi connectivity index (χ1v) is 9.99. The van der Waals surface area contributed by atoms with Crippen molar-refractivity contribution in [3.63, 3.8) is 0 Å². The number of hydrogen-bond donors (Lipinski definition) is 2. The van der Waals surface area contributed by atoms with Crippen LogP contribution in [-0.4, -0.2) is 31.6 Å². The molecular weight excluding hydrogens is 310 g/mol. The highest BCUT2D eigenvalue weighted by Gasteiger charge is 2.41. The van der Waals surface area contributed by atoms with Crippen molar-refractivity contribution in [2.45, 2.75) is 52.5 Å². The molecule has 2 N–H and O–H groups in total. The highest BCUT2D eigenvalue weighted by atomic mass is 16.1. The minimum Gasteiger partial charge on any atom is -0.372 e. The summed E-state index contributed by atoms with van der Waals surface area (Å²) < 4.78 is 0. The summed E-state index contributed by atoms with van der Waals surface area (Å²) in [6, 6.07) is 8.57. The number of carbonyl (C=O) groups excluding carboxylic acids is 1. The van der Waals surface area contributed by atoms with Crippen LogP contribution in [0.1, 0.15) is 46.5 Å². The normalized spacial score (nSPS) is 25.8. The average molecular weight is 344 g/mol. The van der Waals surface area contributed by atoms with Gasteiger partial charge in [-0.25, -0.2) is 0 Å². The topological polar surface area (TPSA) is 44.4 Å². The lowest BCUT2D eigenvalue weighted by atomic mass is 9.84. The van der Waals surface area contributed by atoms with Crippen LogP contribution in [-0.2, 0) is 4.79 Å². The molecule has 2 saturated carbocycles. The van der Waals surface area contributed by atoms with Crippen LogP contribution >= 0.6 is 0 Å². The molecule has 0 aromatic heterocycles. The van der Waals surface area contributed by atoms with Gasteiger partial charge < -0.3 is 15.5 Å². The summed E-state index contributed by atoms with van der Waals surface area (Å²) in [5.74, 6) is 2.66. The van der Waals surface area contributed by atoms with E-state index >= 15 is 0 Å². The lowest BCUT2D eigenvalue weighted by molar-refractivity contribution is -0.115. The number of benzene rings is 1. The molecule has 4 nitrogen and oxygen atoms in total. The SMILES string of the molecule is CCN(CC)c1ccc(NC(=O)CN[C@@H](C)[C@@H]2C[C@H]3CC[C@H]2C3)cc1. The first kappa shape index (κ1) is 18.2. The predicted octanol–water partition coefficient (Wildman–Crippen LogP) is 3.89. The summed E-state index contributed by atoms with van der Waals surface area (Å²) in [4.78, 5) is 14.5. The number of carbonyl (C=O) groups is 1. The molecule has 1 amide bonds. The van der Waals surface area contributed by atoms with Crippen molar-refractivity contribution in [1.29, 1.82) is 0 Å². The Labute approximate surface area is 152 Å². The number of nitrogens with one attached hydrogen (secondary N) is 2. The fourth-order valence-electron chi connectivity index (χ4n) is 4.86. The van der Waals surface area contributed by atoms with Crippen molar-refractivity contribution in [3.05, 3.63) is 24.3 Å². The van der Waals surface area contributed by atoms with Gasteiger partial charge in [0.15, 0.2) is 0 Å². The third-order valence-electron chi connectivity index (χ3n) is 6.30. The van der Waals surface area contributed by atoms with Crippen LogP contribution in [0.25, 0.3) is 0 Å². The quantitative estimate of drug-likeness (QED) is 0.753. The van der Waals surface area contributed by atoms with Crippen LogP contribution in [0.15, 0.2) is 24.3 Å². The zero-order chi connectivity index (χ0) is 17.8. The molecule has 0 saturated heterocycles. The van der Waals surface area contributed by atoms with Crippen LogP contribution in [0.5, 0.6) is 0 Å². The smallest absolute Gasteiger partial charge is 0.238 e. The van der Waals surface area contributed by atoms with Gasteiger partial charge in [0.25, 0.3) is 0 Å². The van der Waals surface area contributed by atoms with Crippen molar-refractivity contribution in [3.8, 4) is 0 Å². The molecule has 138 valence electrons. The Hall–Kier alpha value is -1.55. The molecule has 0 aliphatic heterocycles. The molecule has 4 atom stereocenters. The molecule has 1 aromatic rings. The molecule has 0 radical (unpaired) electrons. The van der Waals surface area contributed by atoms with Crippen LogP contribution in [0, 0.1) is 17.8 Å². The number of rotatable bonds is 8. The van der Waals surface area contributed by atoms with E-state index in [9.17, 15) is 4.79 Å². The maximum absolute atomic E-state index is 12.2. The van der Waals surface area contributed by atoms with Gasteiger partial charge in [0.05, 0.1) is 6.54 Å². The van der Waals surface area contributed by atoms with E-state index in [1.54, 1.807) is 0 Å². The molecule has 2 aliphatic carbocycles. The van der Waals surface area contributed by atoms with Crippen LogP contribution < -0.4 is 15.5 Å². The molecule has 1 aromatic carbocycles. The second kappa shape index (κ2) is 8.22. The number of hydrogen-bond acceptors (Lipinski definition) is 3. The van der Waals surface area contributed by atoms with Crippen molar-refractivity contribution in [2.24, 2.45) is 17.8 Å². The summed E-state index contributed by atoms with van der Waals surface area (Å²) in [5, 5.41) is 6.46. The molecule has 0 spiro atoms. The van der Waals surface area contributed by atoms with E-state index in [2.05, 4.69) is 48.4 Å². The largest absolute Gasteiger partial charge is 0.372 e. The van der Waals surface area contributed by atoms with E-state index in [4.69, 9.17) is 0 Å². The molecule has 2 bridgehead atoms. The van der Waals surface area contributed by atoms with Crippen molar-refractivity contribution < 1.29 is 4.79 Å². The minimum absolute atomic E-state index is 0.0468. The third kappa shape index (κ3) is 4.35. The Morgan fingerprint density at radius 1 is 1.16 bits per heavy atom. The Morgan fingerprint density at radius 3 is 2.44 bits per heavy atom. The molecule has 25 heavy (non-hydrogen) atoms. The highest BCUT2D eigenvalue weighted by molar-refractivity contribution is 5.92. The Bertz CT molecular complexity index is 567. The van der Waals surface area contributed by atoms with Gasteiger partial charge in [0, 0.05) is 30.5 Å². The van der Waals surface area contributed by atoms with Gasteiger partial charge in [-0.3, -0.25) is 4.79 Å². The van der Waals surface area contributed by atoms with Crippen LogP contribution in [0.3, 0.4) is 0 Å². The number of anilines is 2. The molecular formula is C21H33N3O. The number of nitrogens with zero attached hydrogens (tertiary/aromatic N) is 1. The van der Waals surface area contributed by atoms with Crippen molar-refractivity contribution >= 4 is 17.3 Å². The zero-order valence-electron chi connectivity index (χ0n) is 15.9. The molecule has 0 unspecified atom stereocenters. The second-order valence-electron chi connectivity index (χ2n) is 7.78. The van der Waals surface area contributed by atoms with E-state index in [0.717, 1.165) is 36.5 Å². The second-order valence-corrected chi connectivity index (χ2v) is 7.78. The van der Waals surface area contributed by atoms with Gasteiger partial charge in [0.1, 0.15) is 0 Å². The number of amides is 1. The third-order valence-corrected chi connectivity index (χ3v) is 6.30. The van der Waals surface area contributed by atoms with E-state index in [1.807, 2.05) is 12.1 Å². The van der Waals surface area contributed by atoms with E-state index in [0.29, 0.717) is 12.6 Å². The molecule has 4 heteroatoms. The maximum atomic E-state index is 12.2. The van der Waals surface area contributed by atoms with E-state index in [1.165, 1.54) is 31.4 Å². The minimum atomic E-state index is 0.0468. The van der Waals surface area contributed by atoms with Crippen molar-refractivity contribution in [1.82, 2.24) is 5.32 Å². The van der Waals surface area contributed by atoms with Crippen LogP contribution in [0.4, 0.5) is 11.4 Å². The predicted molar refractivity (Wildman–Crippen MR) is 105 cm³/mol. The van der Waals surface area contributed by atoms with Gasteiger partial charge in [0.2, 0.25) is 5.91 Å². The monoisotopic (exact) mass is 343 g/mol. The summed E-state index contributed by atoms with van der Waals surface area (Å²) in [6.07, 6.45) is 5.60. The Morgan fingerprint density at radius 2 is 1.88 bits per heavy atom. The first-order valence-electron chi connectivity index (χ1n) is 9.99. The summed E-state index contributed by atoms with van der Waals surface area (Å²) in [5.41, 5.74) is 2.07. The van der Waals surface area contributed by atoms with Gasteiger partial charge in [-0.1, -0.05) is 6.42 Å². The van der Waals surface area contributed by atoms with Gasteiger partial charge >= 0.3 is 0 Å². The maximum Gasteiger partial charge on any atom is 0.238 e.